The Kier molecular flexibility index (Phi) is 6.13. The average Bonchev–Trinajstić information content (AvgIpc) is 2.79. The van der Waals surface area contributed by atoms with E-state index in [9.17, 15) is 14.4 Å². The van der Waals surface area contributed by atoms with E-state index < -0.39 is 30.9 Å². The summed E-state index contributed by atoms with van der Waals surface area (Å²) in [4.78, 5) is 35.1. The van der Waals surface area contributed by atoms with Gasteiger partial charge in [0.25, 0.3) is 0 Å². The molecule has 0 saturated carbocycles. The Morgan fingerprint density at radius 2 is 1.85 bits per heavy atom. The topological polar surface area (TPSA) is 107 Å². The maximum absolute atomic E-state index is 11.8. The average molecular weight is 300 g/mol. The van der Waals surface area contributed by atoms with Gasteiger partial charge in [-0.1, -0.05) is 6.07 Å². The van der Waals surface area contributed by atoms with Crippen molar-refractivity contribution in [2.45, 2.75) is 13.0 Å². The van der Waals surface area contributed by atoms with Crippen LogP contribution in [0.1, 0.15) is 17.8 Å². The molecule has 0 saturated heterocycles. The minimum absolute atomic E-state index is 0.195. The highest BCUT2D eigenvalue weighted by Gasteiger charge is 2.18. The first kappa shape index (κ1) is 16.1. The molecule has 7 nitrogen and oxygen atoms in total. The molecule has 0 spiro atoms. The standard InChI is InChI=1S/C12H16N2O5S/c1-8(9-3-2-4-20-9)13-10(15)5-14(6-11(16)17)7-12(18)19/h2-4,8H,5-7H2,1H3,(H,13,15)(H,16,17)(H,18,19). The van der Waals surface area contributed by atoms with E-state index in [1.807, 2.05) is 24.4 Å². The number of hydrogen-bond acceptors (Lipinski definition) is 5. The fraction of sp³-hybridized carbons (Fsp3) is 0.417. The summed E-state index contributed by atoms with van der Waals surface area (Å²) in [5.41, 5.74) is 0. The molecule has 0 aliphatic heterocycles. The number of carboxylic acids is 2. The number of carbonyl (C=O) groups is 3. The zero-order chi connectivity index (χ0) is 15.1. The molecule has 1 rings (SSSR count). The molecule has 0 bridgehead atoms. The van der Waals surface area contributed by atoms with Gasteiger partial charge in [0.15, 0.2) is 0 Å². The van der Waals surface area contributed by atoms with E-state index in [2.05, 4.69) is 5.32 Å². The summed E-state index contributed by atoms with van der Waals surface area (Å²) in [7, 11) is 0. The number of thiophene rings is 1. The summed E-state index contributed by atoms with van der Waals surface area (Å²) in [5.74, 6) is -2.76. The van der Waals surface area contributed by atoms with Crippen LogP contribution in [0.25, 0.3) is 0 Å². The second-order valence-corrected chi connectivity index (χ2v) is 5.22. The van der Waals surface area contributed by atoms with Gasteiger partial charge in [0.2, 0.25) is 5.91 Å². The lowest BCUT2D eigenvalue weighted by molar-refractivity contribution is -0.142. The lowest BCUT2D eigenvalue weighted by Crippen LogP contribution is -2.42. The van der Waals surface area contributed by atoms with Crippen LogP contribution < -0.4 is 5.32 Å². The predicted octanol–water partition coefficient (Wildman–Crippen LogP) is 0.397. The summed E-state index contributed by atoms with van der Waals surface area (Å²) in [5, 5.41) is 21.9. The Hall–Kier alpha value is -1.93. The van der Waals surface area contributed by atoms with E-state index in [0.29, 0.717) is 0 Å². The van der Waals surface area contributed by atoms with Crippen molar-refractivity contribution >= 4 is 29.2 Å². The Labute approximate surface area is 119 Å². The normalized spacial score (nSPS) is 12.1. The highest BCUT2D eigenvalue weighted by molar-refractivity contribution is 7.10. The van der Waals surface area contributed by atoms with Crippen LogP contribution >= 0.6 is 11.3 Å². The molecule has 1 aromatic rings. The number of aliphatic carboxylic acids is 2. The van der Waals surface area contributed by atoms with Gasteiger partial charge in [-0.3, -0.25) is 19.3 Å². The summed E-state index contributed by atoms with van der Waals surface area (Å²) >= 11 is 1.50. The Morgan fingerprint density at radius 3 is 2.30 bits per heavy atom. The zero-order valence-corrected chi connectivity index (χ0v) is 11.7. The summed E-state index contributed by atoms with van der Waals surface area (Å²) in [6.45, 7) is 0.553. The number of rotatable bonds is 8. The van der Waals surface area contributed by atoms with Crippen LogP contribution in [0.2, 0.25) is 0 Å². The van der Waals surface area contributed by atoms with Gasteiger partial charge in [-0.15, -0.1) is 11.3 Å². The lowest BCUT2D eigenvalue weighted by atomic mass is 10.2. The van der Waals surface area contributed by atoms with Gasteiger partial charge in [0.1, 0.15) is 0 Å². The summed E-state index contributed by atoms with van der Waals surface area (Å²) < 4.78 is 0. The number of nitrogens with one attached hydrogen (secondary N) is 1. The molecular formula is C12H16N2O5S. The number of nitrogens with zero attached hydrogens (tertiary/aromatic N) is 1. The van der Waals surface area contributed by atoms with Gasteiger partial charge in [-0.2, -0.15) is 0 Å². The lowest BCUT2D eigenvalue weighted by Gasteiger charge is -2.19. The molecule has 1 amide bonds. The molecule has 1 atom stereocenters. The van der Waals surface area contributed by atoms with Gasteiger partial charge >= 0.3 is 11.9 Å². The number of hydrogen-bond donors (Lipinski definition) is 3. The van der Waals surface area contributed by atoms with Crippen molar-refractivity contribution in [2.75, 3.05) is 19.6 Å². The van der Waals surface area contributed by atoms with Crippen molar-refractivity contribution in [3.05, 3.63) is 22.4 Å². The molecular weight excluding hydrogens is 284 g/mol. The molecule has 0 radical (unpaired) electrons. The predicted molar refractivity (Wildman–Crippen MR) is 72.6 cm³/mol. The van der Waals surface area contributed by atoms with Crippen molar-refractivity contribution in [3.8, 4) is 0 Å². The minimum atomic E-state index is -1.18. The van der Waals surface area contributed by atoms with E-state index in [0.717, 1.165) is 9.78 Å². The molecule has 1 heterocycles. The van der Waals surface area contributed by atoms with Crippen LogP contribution in [0, 0.1) is 0 Å². The number of carboxylic acid groups (broad SMARTS) is 2. The zero-order valence-electron chi connectivity index (χ0n) is 10.9. The number of amides is 1. The number of carbonyl (C=O) groups excluding carboxylic acids is 1. The van der Waals surface area contributed by atoms with Crippen molar-refractivity contribution in [2.24, 2.45) is 0 Å². The van der Waals surface area contributed by atoms with E-state index in [-0.39, 0.29) is 12.6 Å². The smallest absolute Gasteiger partial charge is 0.317 e. The third kappa shape index (κ3) is 5.81. The SMILES string of the molecule is CC(NC(=O)CN(CC(=O)O)CC(=O)O)c1cccs1. The third-order valence-electron chi connectivity index (χ3n) is 2.43. The summed E-state index contributed by atoms with van der Waals surface area (Å²) in [6, 6.07) is 3.55. The molecule has 0 aromatic carbocycles. The third-order valence-corrected chi connectivity index (χ3v) is 3.49. The first-order valence-electron chi connectivity index (χ1n) is 5.87. The van der Waals surface area contributed by atoms with Crippen LogP contribution in [0.4, 0.5) is 0 Å². The van der Waals surface area contributed by atoms with Gasteiger partial charge < -0.3 is 15.5 Å². The van der Waals surface area contributed by atoms with E-state index >= 15 is 0 Å². The minimum Gasteiger partial charge on any atom is -0.480 e. The molecule has 0 aliphatic rings. The molecule has 20 heavy (non-hydrogen) atoms. The van der Waals surface area contributed by atoms with Crippen molar-refractivity contribution in [1.82, 2.24) is 10.2 Å². The van der Waals surface area contributed by atoms with Crippen molar-refractivity contribution in [3.63, 3.8) is 0 Å². The highest BCUT2D eigenvalue weighted by atomic mass is 32.1. The second-order valence-electron chi connectivity index (χ2n) is 4.24. The quantitative estimate of drug-likeness (QED) is 0.641. The van der Waals surface area contributed by atoms with Gasteiger partial charge in [0, 0.05) is 4.88 Å². The van der Waals surface area contributed by atoms with Gasteiger partial charge in [-0.25, -0.2) is 0 Å². The molecule has 3 N–H and O–H groups in total. The Bertz CT molecular complexity index is 458. The molecule has 110 valence electrons. The molecule has 1 aromatic heterocycles. The van der Waals surface area contributed by atoms with Crippen LogP contribution in [-0.4, -0.2) is 52.6 Å². The molecule has 1 unspecified atom stereocenters. The van der Waals surface area contributed by atoms with Gasteiger partial charge in [0.05, 0.1) is 25.7 Å². The van der Waals surface area contributed by atoms with Gasteiger partial charge in [-0.05, 0) is 18.4 Å². The van der Waals surface area contributed by atoms with Crippen LogP contribution in [0.15, 0.2) is 17.5 Å². The van der Waals surface area contributed by atoms with Crippen LogP contribution in [0.3, 0.4) is 0 Å². The van der Waals surface area contributed by atoms with E-state index in [4.69, 9.17) is 10.2 Å². The second kappa shape index (κ2) is 7.61. The molecule has 0 fully saturated rings. The van der Waals surface area contributed by atoms with Crippen molar-refractivity contribution < 1.29 is 24.6 Å². The maximum Gasteiger partial charge on any atom is 0.317 e. The van der Waals surface area contributed by atoms with Crippen LogP contribution in [0.5, 0.6) is 0 Å². The van der Waals surface area contributed by atoms with E-state index in [1.54, 1.807) is 0 Å². The molecule has 8 heteroatoms. The van der Waals surface area contributed by atoms with E-state index in [1.165, 1.54) is 11.3 Å². The Morgan fingerprint density at radius 1 is 1.25 bits per heavy atom. The maximum atomic E-state index is 11.8. The Balaban J connectivity index is 2.52. The first-order valence-corrected chi connectivity index (χ1v) is 6.75. The van der Waals surface area contributed by atoms with Crippen molar-refractivity contribution in [1.29, 1.82) is 0 Å². The summed E-state index contributed by atoms with van der Waals surface area (Å²) in [6.07, 6.45) is 0. The monoisotopic (exact) mass is 300 g/mol. The fourth-order valence-electron chi connectivity index (χ4n) is 1.65. The largest absolute Gasteiger partial charge is 0.480 e. The highest BCUT2D eigenvalue weighted by Crippen LogP contribution is 2.17. The molecule has 0 aliphatic carbocycles. The first-order chi connectivity index (χ1) is 9.38. The van der Waals surface area contributed by atoms with Crippen LogP contribution in [-0.2, 0) is 14.4 Å². The fourth-order valence-corrected chi connectivity index (χ4v) is 2.38.